The molecule has 0 aromatic carbocycles. The quantitative estimate of drug-likeness (QED) is 0.675. The average Bonchev–Trinajstić information content (AvgIpc) is 3.10. The van der Waals surface area contributed by atoms with Crippen LogP contribution in [0, 0.1) is 0 Å². The fourth-order valence-corrected chi connectivity index (χ4v) is 2.43. The molecule has 3 rings (SSSR count). The van der Waals surface area contributed by atoms with Gasteiger partial charge in [-0.1, -0.05) is 16.4 Å². The molecule has 19 heavy (non-hydrogen) atoms. The van der Waals surface area contributed by atoms with E-state index in [1.807, 2.05) is 23.7 Å². The van der Waals surface area contributed by atoms with Crippen molar-refractivity contribution in [3.05, 3.63) is 35.3 Å². The summed E-state index contributed by atoms with van der Waals surface area (Å²) < 4.78 is 6.85. The zero-order valence-electron chi connectivity index (χ0n) is 9.86. The van der Waals surface area contributed by atoms with Gasteiger partial charge in [0.15, 0.2) is 0 Å². The molecule has 0 spiro atoms. The summed E-state index contributed by atoms with van der Waals surface area (Å²) in [6.45, 7) is 0.410. The van der Waals surface area contributed by atoms with E-state index in [1.54, 1.807) is 16.0 Å². The zero-order chi connectivity index (χ0) is 13.1. The first-order valence-corrected chi connectivity index (χ1v) is 7.08. The molecule has 8 heteroatoms. The predicted molar refractivity (Wildman–Crippen MR) is 71.2 cm³/mol. The van der Waals surface area contributed by atoms with Crippen molar-refractivity contribution in [1.82, 2.24) is 25.1 Å². The van der Waals surface area contributed by atoms with Crippen LogP contribution in [0.3, 0.4) is 0 Å². The molecule has 0 aliphatic rings. The Balaban J connectivity index is 1.72. The maximum Gasteiger partial charge on any atom is 0.248 e. The molecule has 98 valence electrons. The second kappa shape index (κ2) is 5.50. The van der Waals surface area contributed by atoms with Gasteiger partial charge in [-0.05, 0) is 11.4 Å². The van der Waals surface area contributed by atoms with Crippen molar-refractivity contribution in [2.24, 2.45) is 0 Å². The largest absolute Gasteiger partial charge is 0.337 e. The molecule has 0 N–H and O–H groups in total. The predicted octanol–water partition coefficient (Wildman–Crippen LogP) is 2.22. The molecule has 3 heterocycles. The molecule has 0 bridgehead atoms. The number of nitrogens with zero attached hydrogens (tertiary/aromatic N) is 5. The van der Waals surface area contributed by atoms with Gasteiger partial charge in [-0.2, -0.15) is 4.98 Å². The molecule has 0 saturated carbocycles. The van der Waals surface area contributed by atoms with Crippen molar-refractivity contribution < 1.29 is 4.52 Å². The van der Waals surface area contributed by atoms with Crippen LogP contribution in [0.4, 0.5) is 0 Å². The van der Waals surface area contributed by atoms with Gasteiger partial charge < -0.3 is 4.52 Å². The number of aryl methyl sites for hydroxylation is 1. The molecule has 0 aliphatic carbocycles. The highest BCUT2D eigenvalue weighted by Crippen LogP contribution is 2.21. The fraction of sp³-hybridized carbons (Fsp3) is 0.273. The molecule has 0 unspecified atom stereocenters. The number of halogens is 1. The van der Waals surface area contributed by atoms with E-state index in [-0.39, 0.29) is 0 Å². The molecule has 0 amide bonds. The van der Waals surface area contributed by atoms with Gasteiger partial charge >= 0.3 is 0 Å². The van der Waals surface area contributed by atoms with Crippen LogP contribution >= 0.6 is 22.9 Å². The van der Waals surface area contributed by atoms with Gasteiger partial charge in [0, 0.05) is 18.5 Å². The van der Waals surface area contributed by atoms with E-state index in [0.717, 1.165) is 10.6 Å². The number of hydrogen-bond donors (Lipinski definition) is 0. The summed E-state index contributed by atoms with van der Waals surface area (Å²) in [6, 6.07) is 3.90. The van der Waals surface area contributed by atoms with E-state index in [9.17, 15) is 0 Å². The first kappa shape index (κ1) is 12.3. The molecule has 0 saturated heterocycles. The third kappa shape index (κ3) is 2.82. The highest BCUT2D eigenvalue weighted by Gasteiger charge is 2.10. The summed E-state index contributed by atoms with van der Waals surface area (Å²) in [5.41, 5.74) is 0.855. The number of thiophene rings is 1. The summed E-state index contributed by atoms with van der Waals surface area (Å²) in [4.78, 5) is 5.30. The highest BCUT2D eigenvalue weighted by atomic mass is 35.5. The van der Waals surface area contributed by atoms with E-state index < -0.39 is 0 Å². The van der Waals surface area contributed by atoms with Crippen molar-refractivity contribution in [3.63, 3.8) is 0 Å². The Hall–Kier alpha value is -1.73. The minimum Gasteiger partial charge on any atom is -0.337 e. The number of rotatable bonds is 5. The van der Waals surface area contributed by atoms with Gasteiger partial charge in [-0.25, -0.2) is 4.68 Å². The lowest BCUT2D eigenvalue weighted by Crippen LogP contribution is -2.00. The number of alkyl halides is 1. The summed E-state index contributed by atoms with van der Waals surface area (Å²) in [6.07, 6.45) is 2.53. The van der Waals surface area contributed by atoms with Crippen LogP contribution in [-0.2, 0) is 13.0 Å². The minimum absolute atomic E-state index is 0.410. The van der Waals surface area contributed by atoms with E-state index in [0.29, 0.717) is 30.6 Å². The smallest absolute Gasteiger partial charge is 0.248 e. The summed E-state index contributed by atoms with van der Waals surface area (Å²) >= 11 is 7.22. The standard InChI is InChI=1S/C11H10ClN5OS/c12-4-3-8-6-17(16-14-8)7-10-13-11(15-18-10)9-2-1-5-19-9/h1-2,5-6H,3-4,7H2. The third-order valence-electron chi connectivity index (χ3n) is 2.44. The first-order chi connectivity index (χ1) is 9.35. The van der Waals surface area contributed by atoms with Crippen LogP contribution in [0.5, 0.6) is 0 Å². The SMILES string of the molecule is ClCCc1cn(Cc2nc(-c3cccs3)no2)nn1. The molecule has 0 atom stereocenters. The second-order valence-corrected chi connectivity index (χ2v) is 5.16. The molecule has 6 nitrogen and oxygen atoms in total. The van der Waals surface area contributed by atoms with Crippen molar-refractivity contribution in [1.29, 1.82) is 0 Å². The first-order valence-electron chi connectivity index (χ1n) is 5.66. The van der Waals surface area contributed by atoms with Crippen LogP contribution in [-0.4, -0.2) is 31.0 Å². The average molecular weight is 296 g/mol. The monoisotopic (exact) mass is 295 g/mol. The maximum absolute atomic E-state index is 5.65. The maximum atomic E-state index is 5.65. The van der Waals surface area contributed by atoms with Crippen molar-refractivity contribution in [2.75, 3.05) is 5.88 Å². The lowest BCUT2D eigenvalue weighted by molar-refractivity contribution is 0.364. The van der Waals surface area contributed by atoms with Crippen LogP contribution in [0.15, 0.2) is 28.2 Å². The van der Waals surface area contributed by atoms with Crippen LogP contribution in [0.25, 0.3) is 10.7 Å². The Kier molecular flexibility index (Phi) is 3.56. The number of aromatic nitrogens is 5. The Bertz CT molecular complexity index is 648. The van der Waals surface area contributed by atoms with Gasteiger partial charge in [0.1, 0.15) is 6.54 Å². The normalized spacial score (nSPS) is 11.0. The van der Waals surface area contributed by atoms with Crippen molar-refractivity contribution >= 4 is 22.9 Å². The fourth-order valence-electron chi connectivity index (χ4n) is 1.59. The van der Waals surface area contributed by atoms with Crippen molar-refractivity contribution in [3.8, 4) is 10.7 Å². The van der Waals surface area contributed by atoms with Crippen LogP contribution in [0.2, 0.25) is 0 Å². The second-order valence-electron chi connectivity index (χ2n) is 3.84. The van der Waals surface area contributed by atoms with Gasteiger partial charge in [-0.3, -0.25) is 0 Å². The topological polar surface area (TPSA) is 69.6 Å². The van der Waals surface area contributed by atoms with Crippen LogP contribution < -0.4 is 0 Å². The molecular weight excluding hydrogens is 286 g/mol. The van der Waals surface area contributed by atoms with Gasteiger partial charge in [0.25, 0.3) is 0 Å². The molecule has 0 aliphatic heterocycles. The van der Waals surface area contributed by atoms with E-state index in [2.05, 4.69) is 20.5 Å². The highest BCUT2D eigenvalue weighted by molar-refractivity contribution is 7.13. The molecule has 0 radical (unpaired) electrons. The zero-order valence-corrected chi connectivity index (χ0v) is 11.4. The minimum atomic E-state index is 0.410. The van der Waals surface area contributed by atoms with E-state index >= 15 is 0 Å². The van der Waals surface area contributed by atoms with Gasteiger partial charge in [0.05, 0.1) is 10.6 Å². The lowest BCUT2D eigenvalue weighted by Gasteiger charge is -1.92. The summed E-state index contributed by atoms with van der Waals surface area (Å²) in [5.74, 6) is 1.64. The third-order valence-corrected chi connectivity index (χ3v) is 3.50. The van der Waals surface area contributed by atoms with E-state index in [1.165, 1.54) is 0 Å². The Morgan fingerprint density at radius 2 is 2.37 bits per heavy atom. The Labute approximate surface area is 118 Å². The molecule has 0 fully saturated rings. The molecule has 3 aromatic rings. The molecular formula is C11H10ClN5OS. The van der Waals surface area contributed by atoms with Crippen LogP contribution in [0.1, 0.15) is 11.6 Å². The molecule has 3 aromatic heterocycles. The Morgan fingerprint density at radius 3 is 3.16 bits per heavy atom. The van der Waals surface area contributed by atoms with Gasteiger partial charge in [-0.15, -0.1) is 28.0 Å². The lowest BCUT2D eigenvalue weighted by atomic mass is 10.4. The van der Waals surface area contributed by atoms with Crippen molar-refractivity contribution in [2.45, 2.75) is 13.0 Å². The van der Waals surface area contributed by atoms with E-state index in [4.69, 9.17) is 16.1 Å². The summed E-state index contributed by atoms with van der Waals surface area (Å²) in [5, 5.41) is 13.9. The van der Waals surface area contributed by atoms with Gasteiger partial charge in [0.2, 0.25) is 11.7 Å². The number of hydrogen-bond acceptors (Lipinski definition) is 6. The Morgan fingerprint density at radius 1 is 1.42 bits per heavy atom. The summed E-state index contributed by atoms with van der Waals surface area (Å²) in [7, 11) is 0.